The molecule has 2 nitrogen and oxygen atoms in total. The van der Waals surface area contributed by atoms with Crippen LogP contribution in [-0.4, -0.2) is 37.6 Å². The summed E-state index contributed by atoms with van der Waals surface area (Å²) in [6.07, 6.45) is 1.24. The third kappa shape index (κ3) is 1.14. The predicted molar refractivity (Wildman–Crippen MR) is 58.8 cm³/mol. The standard InChI is InChI=1S/C12H16N2/c1-13-6-7-14-11(9-13)8-10-4-2-3-5-12(10)14/h2-5,11H,6-9H2,1H3/t11-/m0/s1. The lowest BCUT2D eigenvalue weighted by Gasteiger charge is -2.37. The molecule has 1 aromatic carbocycles. The molecule has 1 aromatic rings. The molecule has 1 fully saturated rings. The monoisotopic (exact) mass is 188 g/mol. The summed E-state index contributed by atoms with van der Waals surface area (Å²) in [6.45, 7) is 3.61. The van der Waals surface area contributed by atoms with Crippen molar-refractivity contribution >= 4 is 5.69 Å². The lowest BCUT2D eigenvalue weighted by Crippen LogP contribution is -2.50. The molecule has 0 amide bonds. The fourth-order valence-corrected chi connectivity index (χ4v) is 2.72. The van der Waals surface area contributed by atoms with E-state index in [0.717, 1.165) is 6.04 Å². The molecule has 2 heteroatoms. The number of likely N-dealkylation sites (N-methyl/N-ethyl adjacent to an activating group) is 1. The van der Waals surface area contributed by atoms with Crippen molar-refractivity contribution in [2.24, 2.45) is 0 Å². The first kappa shape index (κ1) is 8.30. The summed E-state index contributed by atoms with van der Waals surface area (Å²) in [5.74, 6) is 0. The number of hydrogen-bond donors (Lipinski definition) is 0. The number of hydrogen-bond acceptors (Lipinski definition) is 2. The van der Waals surface area contributed by atoms with Crippen LogP contribution in [0.5, 0.6) is 0 Å². The molecule has 0 unspecified atom stereocenters. The third-order valence-electron chi connectivity index (χ3n) is 3.44. The highest BCUT2D eigenvalue weighted by atomic mass is 15.3. The Hall–Kier alpha value is -1.02. The number of piperazine rings is 1. The maximum atomic E-state index is 2.58. The number of anilines is 1. The van der Waals surface area contributed by atoms with Gasteiger partial charge in [0, 0.05) is 31.4 Å². The molecule has 0 aromatic heterocycles. The summed E-state index contributed by atoms with van der Waals surface area (Å²) in [5, 5.41) is 0. The van der Waals surface area contributed by atoms with Crippen LogP contribution in [0.1, 0.15) is 5.56 Å². The number of benzene rings is 1. The van der Waals surface area contributed by atoms with Crippen LogP contribution in [-0.2, 0) is 6.42 Å². The van der Waals surface area contributed by atoms with E-state index in [2.05, 4.69) is 41.1 Å². The Morgan fingerprint density at radius 2 is 2.07 bits per heavy atom. The van der Waals surface area contributed by atoms with Crippen molar-refractivity contribution in [1.29, 1.82) is 0 Å². The quantitative estimate of drug-likeness (QED) is 0.606. The fraction of sp³-hybridized carbons (Fsp3) is 0.500. The van der Waals surface area contributed by atoms with Crippen LogP contribution < -0.4 is 4.90 Å². The SMILES string of the molecule is CN1CCN2c3ccccc3C[C@H]2C1. The zero-order valence-electron chi connectivity index (χ0n) is 8.61. The van der Waals surface area contributed by atoms with E-state index in [1.54, 1.807) is 0 Å². The minimum absolute atomic E-state index is 0.728. The zero-order chi connectivity index (χ0) is 9.54. The van der Waals surface area contributed by atoms with Gasteiger partial charge in [-0.05, 0) is 25.1 Å². The Labute approximate surface area is 85.1 Å². The van der Waals surface area contributed by atoms with Crippen molar-refractivity contribution in [3.8, 4) is 0 Å². The molecule has 0 N–H and O–H groups in total. The first-order valence-corrected chi connectivity index (χ1v) is 5.38. The van der Waals surface area contributed by atoms with Gasteiger partial charge in [-0.25, -0.2) is 0 Å². The zero-order valence-corrected chi connectivity index (χ0v) is 8.61. The molecule has 0 aliphatic carbocycles. The van der Waals surface area contributed by atoms with Crippen LogP contribution in [0, 0.1) is 0 Å². The largest absolute Gasteiger partial charge is 0.365 e. The summed E-state index contributed by atoms with van der Waals surface area (Å²) in [6, 6.07) is 9.57. The minimum atomic E-state index is 0.728. The van der Waals surface area contributed by atoms with Gasteiger partial charge in [-0.2, -0.15) is 0 Å². The molecule has 0 spiro atoms. The van der Waals surface area contributed by atoms with Crippen LogP contribution in [0.25, 0.3) is 0 Å². The van der Waals surface area contributed by atoms with Crippen LogP contribution in [0.4, 0.5) is 5.69 Å². The van der Waals surface area contributed by atoms with Gasteiger partial charge in [0.05, 0.1) is 0 Å². The molecule has 0 saturated carbocycles. The lowest BCUT2D eigenvalue weighted by atomic mass is 10.1. The highest BCUT2D eigenvalue weighted by molar-refractivity contribution is 5.59. The molecule has 1 atom stereocenters. The van der Waals surface area contributed by atoms with Crippen LogP contribution in [0.3, 0.4) is 0 Å². The van der Waals surface area contributed by atoms with E-state index in [1.165, 1.54) is 37.3 Å². The van der Waals surface area contributed by atoms with E-state index in [9.17, 15) is 0 Å². The van der Waals surface area contributed by atoms with Gasteiger partial charge in [-0.15, -0.1) is 0 Å². The third-order valence-corrected chi connectivity index (χ3v) is 3.44. The molecule has 2 heterocycles. The predicted octanol–water partition coefficient (Wildman–Crippen LogP) is 1.36. The maximum Gasteiger partial charge on any atom is 0.0458 e. The number of para-hydroxylation sites is 1. The van der Waals surface area contributed by atoms with Crippen molar-refractivity contribution in [3.63, 3.8) is 0 Å². The average Bonchev–Trinajstić information content (AvgIpc) is 2.54. The van der Waals surface area contributed by atoms with Crippen LogP contribution in [0.2, 0.25) is 0 Å². The van der Waals surface area contributed by atoms with Gasteiger partial charge >= 0.3 is 0 Å². The molecule has 1 saturated heterocycles. The number of nitrogens with zero attached hydrogens (tertiary/aromatic N) is 2. The highest BCUT2D eigenvalue weighted by Crippen LogP contribution is 2.33. The second-order valence-corrected chi connectivity index (χ2v) is 4.44. The number of rotatable bonds is 0. The Balaban J connectivity index is 1.94. The fourth-order valence-electron chi connectivity index (χ4n) is 2.72. The van der Waals surface area contributed by atoms with Gasteiger partial charge in [-0.1, -0.05) is 18.2 Å². The Bertz CT molecular complexity index is 348. The van der Waals surface area contributed by atoms with Gasteiger partial charge in [0.1, 0.15) is 0 Å². The topological polar surface area (TPSA) is 6.48 Å². The van der Waals surface area contributed by atoms with Gasteiger partial charge in [0.25, 0.3) is 0 Å². The molecule has 2 aliphatic rings. The van der Waals surface area contributed by atoms with Crippen LogP contribution >= 0.6 is 0 Å². The van der Waals surface area contributed by atoms with Gasteiger partial charge < -0.3 is 9.80 Å². The lowest BCUT2D eigenvalue weighted by molar-refractivity contribution is 0.273. The summed E-state index contributed by atoms with van der Waals surface area (Å²) >= 11 is 0. The van der Waals surface area contributed by atoms with Crippen molar-refractivity contribution in [2.45, 2.75) is 12.5 Å². The van der Waals surface area contributed by atoms with Gasteiger partial charge in [-0.3, -0.25) is 0 Å². The van der Waals surface area contributed by atoms with Crippen molar-refractivity contribution in [3.05, 3.63) is 29.8 Å². The van der Waals surface area contributed by atoms with Crippen molar-refractivity contribution < 1.29 is 0 Å². The van der Waals surface area contributed by atoms with Gasteiger partial charge in [0.2, 0.25) is 0 Å². The minimum Gasteiger partial charge on any atom is -0.365 e. The molecule has 14 heavy (non-hydrogen) atoms. The highest BCUT2D eigenvalue weighted by Gasteiger charge is 2.32. The number of fused-ring (bicyclic) bond motifs is 3. The molecule has 0 bridgehead atoms. The molecular weight excluding hydrogens is 172 g/mol. The average molecular weight is 188 g/mol. The van der Waals surface area contributed by atoms with Crippen LogP contribution in [0.15, 0.2) is 24.3 Å². The Morgan fingerprint density at radius 1 is 1.21 bits per heavy atom. The molecule has 74 valence electrons. The maximum absolute atomic E-state index is 2.58. The smallest absolute Gasteiger partial charge is 0.0458 e. The molecule has 2 aliphatic heterocycles. The molecular formula is C12H16N2. The second-order valence-electron chi connectivity index (χ2n) is 4.44. The Kier molecular flexibility index (Phi) is 1.77. The normalized spacial score (nSPS) is 26.1. The van der Waals surface area contributed by atoms with E-state index < -0.39 is 0 Å². The summed E-state index contributed by atoms with van der Waals surface area (Å²) in [7, 11) is 2.22. The summed E-state index contributed by atoms with van der Waals surface area (Å²) in [4.78, 5) is 5.02. The van der Waals surface area contributed by atoms with E-state index in [0.29, 0.717) is 0 Å². The van der Waals surface area contributed by atoms with E-state index in [4.69, 9.17) is 0 Å². The van der Waals surface area contributed by atoms with Gasteiger partial charge in [0.15, 0.2) is 0 Å². The Morgan fingerprint density at radius 3 is 3.00 bits per heavy atom. The van der Waals surface area contributed by atoms with E-state index in [1.807, 2.05) is 0 Å². The summed E-state index contributed by atoms with van der Waals surface area (Å²) < 4.78 is 0. The second kappa shape index (κ2) is 2.99. The van der Waals surface area contributed by atoms with E-state index >= 15 is 0 Å². The summed E-state index contributed by atoms with van der Waals surface area (Å²) in [5.41, 5.74) is 3.01. The first-order chi connectivity index (χ1) is 6.84. The molecule has 0 radical (unpaired) electrons. The molecule has 3 rings (SSSR count). The van der Waals surface area contributed by atoms with Crippen molar-refractivity contribution in [2.75, 3.05) is 31.6 Å². The van der Waals surface area contributed by atoms with E-state index in [-0.39, 0.29) is 0 Å². The first-order valence-electron chi connectivity index (χ1n) is 5.38. The van der Waals surface area contributed by atoms with Crippen molar-refractivity contribution in [1.82, 2.24) is 4.90 Å².